The van der Waals surface area contributed by atoms with Crippen molar-refractivity contribution in [3.8, 4) is 12.1 Å². The van der Waals surface area contributed by atoms with Crippen molar-refractivity contribution in [1.29, 1.82) is 10.5 Å². The van der Waals surface area contributed by atoms with E-state index in [1.165, 1.54) is 21.8 Å². The molecule has 5 heteroatoms. The summed E-state index contributed by atoms with van der Waals surface area (Å²) in [6.07, 6.45) is 1.98. The molecule has 0 aliphatic heterocycles. The normalized spacial score (nSPS) is 9.56. The molecule has 0 aliphatic carbocycles. The lowest BCUT2D eigenvalue weighted by atomic mass is 10.1. The van der Waals surface area contributed by atoms with E-state index >= 15 is 0 Å². The second-order valence-corrected chi connectivity index (χ2v) is 5.18. The van der Waals surface area contributed by atoms with Crippen LogP contribution in [0.15, 0.2) is 6.07 Å². The highest BCUT2D eigenvalue weighted by atomic mass is 32.1. The van der Waals surface area contributed by atoms with Crippen molar-refractivity contribution >= 4 is 17.2 Å². The Bertz CT molecular complexity index is 491. The molecule has 0 unspecified atom stereocenters. The van der Waals surface area contributed by atoms with E-state index in [4.69, 9.17) is 10.5 Å². The topological polar surface area (TPSA) is 67.9 Å². The molecule has 0 bridgehead atoms. The van der Waals surface area contributed by atoms with Crippen LogP contribution in [-0.2, 0) is 6.42 Å². The SMILES string of the molecule is CCCc1cc(C(=O)N(CC#N)CC#N)sc1C. The number of amides is 1. The highest BCUT2D eigenvalue weighted by molar-refractivity contribution is 7.14. The minimum atomic E-state index is -0.228. The largest absolute Gasteiger partial charge is 0.311 e. The average molecular weight is 261 g/mol. The Morgan fingerprint density at radius 2 is 2.00 bits per heavy atom. The fourth-order valence-electron chi connectivity index (χ4n) is 1.67. The molecule has 0 fully saturated rings. The van der Waals surface area contributed by atoms with E-state index in [0.717, 1.165) is 17.7 Å². The van der Waals surface area contributed by atoms with Gasteiger partial charge in [0.05, 0.1) is 17.0 Å². The van der Waals surface area contributed by atoms with Crippen LogP contribution in [-0.4, -0.2) is 23.9 Å². The summed E-state index contributed by atoms with van der Waals surface area (Å²) in [4.78, 5) is 15.1. The molecule has 18 heavy (non-hydrogen) atoms. The second-order valence-electron chi connectivity index (χ2n) is 3.92. The van der Waals surface area contributed by atoms with Gasteiger partial charge in [-0.1, -0.05) is 13.3 Å². The number of hydrogen-bond acceptors (Lipinski definition) is 4. The van der Waals surface area contributed by atoms with Gasteiger partial charge < -0.3 is 4.90 Å². The fraction of sp³-hybridized carbons (Fsp3) is 0.462. The van der Waals surface area contributed by atoms with Gasteiger partial charge in [0.15, 0.2) is 0 Å². The Morgan fingerprint density at radius 3 is 2.50 bits per heavy atom. The highest BCUT2D eigenvalue weighted by Gasteiger charge is 2.18. The van der Waals surface area contributed by atoms with Gasteiger partial charge in [-0.3, -0.25) is 4.79 Å². The smallest absolute Gasteiger partial charge is 0.265 e. The van der Waals surface area contributed by atoms with Crippen LogP contribution in [0.2, 0.25) is 0 Å². The van der Waals surface area contributed by atoms with Crippen molar-refractivity contribution < 1.29 is 4.79 Å². The van der Waals surface area contributed by atoms with Crippen LogP contribution in [0.5, 0.6) is 0 Å². The number of rotatable bonds is 5. The number of thiophene rings is 1. The van der Waals surface area contributed by atoms with Crippen molar-refractivity contribution in [3.05, 3.63) is 21.4 Å². The van der Waals surface area contributed by atoms with Gasteiger partial charge in [-0.15, -0.1) is 11.3 Å². The fourth-order valence-corrected chi connectivity index (χ4v) is 2.71. The summed E-state index contributed by atoms with van der Waals surface area (Å²) < 4.78 is 0. The lowest BCUT2D eigenvalue weighted by Crippen LogP contribution is -2.31. The summed E-state index contributed by atoms with van der Waals surface area (Å²) in [7, 11) is 0. The molecule has 94 valence electrons. The molecule has 0 saturated heterocycles. The third kappa shape index (κ3) is 3.32. The van der Waals surface area contributed by atoms with Crippen LogP contribution in [0.25, 0.3) is 0 Å². The maximum absolute atomic E-state index is 12.1. The lowest BCUT2D eigenvalue weighted by molar-refractivity contribution is 0.0799. The standard InChI is InChI=1S/C13H15N3OS/c1-3-4-11-9-12(18-10(11)2)13(17)16(7-5-14)8-6-15/h9H,3-4,7-8H2,1-2H3. The van der Waals surface area contributed by atoms with E-state index in [2.05, 4.69) is 6.92 Å². The molecular formula is C13H15N3OS. The maximum atomic E-state index is 12.1. The summed E-state index contributed by atoms with van der Waals surface area (Å²) in [6.45, 7) is 3.99. The highest BCUT2D eigenvalue weighted by Crippen LogP contribution is 2.24. The molecular weight excluding hydrogens is 246 g/mol. The first kappa shape index (κ1) is 14.2. The van der Waals surface area contributed by atoms with Crippen LogP contribution in [0, 0.1) is 29.6 Å². The van der Waals surface area contributed by atoms with Crippen molar-refractivity contribution in [2.24, 2.45) is 0 Å². The van der Waals surface area contributed by atoms with Crippen LogP contribution in [0.4, 0.5) is 0 Å². The zero-order chi connectivity index (χ0) is 13.5. The minimum absolute atomic E-state index is 0.0492. The summed E-state index contributed by atoms with van der Waals surface area (Å²) in [6, 6.07) is 5.70. The van der Waals surface area contributed by atoms with Crippen molar-refractivity contribution in [3.63, 3.8) is 0 Å². The summed E-state index contributed by atoms with van der Waals surface area (Å²) in [5.41, 5.74) is 1.18. The number of nitrogens with zero attached hydrogens (tertiary/aromatic N) is 3. The molecule has 0 N–H and O–H groups in total. The van der Waals surface area contributed by atoms with Crippen LogP contribution >= 0.6 is 11.3 Å². The first-order chi connectivity index (χ1) is 8.63. The number of carbonyl (C=O) groups is 1. The summed E-state index contributed by atoms with van der Waals surface area (Å²) >= 11 is 1.43. The maximum Gasteiger partial charge on any atom is 0.265 e. The van der Waals surface area contributed by atoms with Gasteiger partial charge in [0.1, 0.15) is 13.1 Å². The third-order valence-electron chi connectivity index (χ3n) is 2.56. The molecule has 0 radical (unpaired) electrons. The monoisotopic (exact) mass is 261 g/mol. The van der Waals surface area contributed by atoms with Gasteiger partial charge >= 0.3 is 0 Å². The minimum Gasteiger partial charge on any atom is -0.311 e. The first-order valence-electron chi connectivity index (χ1n) is 5.76. The van der Waals surface area contributed by atoms with Crippen molar-refractivity contribution in [2.45, 2.75) is 26.7 Å². The Balaban J connectivity index is 2.92. The average Bonchev–Trinajstić information content (AvgIpc) is 2.70. The van der Waals surface area contributed by atoms with Crippen LogP contribution in [0.3, 0.4) is 0 Å². The van der Waals surface area contributed by atoms with Gasteiger partial charge in [-0.25, -0.2) is 0 Å². The van der Waals surface area contributed by atoms with E-state index in [1.54, 1.807) is 0 Å². The van der Waals surface area contributed by atoms with E-state index in [0.29, 0.717) is 4.88 Å². The Morgan fingerprint density at radius 1 is 1.39 bits per heavy atom. The quantitative estimate of drug-likeness (QED) is 0.765. The molecule has 1 heterocycles. The Hall–Kier alpha value is -1.85. The lowest BCUT2D eigenvalue weighted by Gasteiger charge is -2.14. The van der Waals surface area contributed by atoms with Crippen molar-refractivity contribution in [1.82, 2.24) is 4.90 Å². The zero-order valence-corrected chi connectivity index (χ0v) is 11.4. The van der Waals surface area contributed by atoms with Gasteiger partial charge in [0.25, 0.3) is 5.91 Å². The Labute approximate surface area is 111 Å². The number of carbonyl (C=O) groups excluding carboxylic acids is 1. The molecule has 0 atom stereocenters. The second kappa shape index (κ2) is 6.78. The first-order valence-corrected chi connectivity index (χ1v) is 6.58. The van der Waals surface area contributed by atoms with Gasteiger partial charge in [0.2, 0.25) is 0 Å². The molecule has 0 spiro atoms. The van der Waals surface area contributed by atoms with E-state index in [-0.39, 0.29) is 19.0 Å². The van der Waals surface area contributed by atoms with Crippen molar-refractivity contribution in [2.75, 3.05) is 13.1 Å². The number of hydrogen-bond donors (Lipinski definition) is 0. The predicted molar refractivity (Wildman–Crippen MR) is 70.2 cm³/mol. The van der Waals surface area contributed by atoms with Gasteiger partial charge in [0, 0.05) is 4.88 Å². The molecule has 1 aromatic rings. The summed E-state index contributed by atoms with van der Waals surface area (Å²) in [5.74, 6) is -0.228. The van der Waals surface area contributed by atoms with Gasteiger partial charge in [-0.05, 0) is 25.0 Å². The molecule has 1 aromatic heterocycles. The summed E-state index contributed by atoms with van der Waals surface area (Å²) in [5, 5.41) is 17.3. The molecule has 0 saturated carbocycles. The van der Waals surface area contributed by atoms with Gasteiger partial charge in [-0.2, -0.15) is 10.5 Å². The molecule has 0 aliphatic rings. The van der Waals surface area contributed by atoms with Crippen LogP contribution in [0.1, 0.15) is 33.5 Å². The molecule has 1 amide bonds. The van der Waals surface area contributed by atoms with E-state index < -0.39 is 0 Å². The number of aryl methyl sites for hydroxylation is 2. The zero-order valence-electron chi connectivity index (χ0n) is 10.6. The predicted octanol–water partition coefficient (Wildman–Crippen LogP) is 2.50. The molecule has 4 nitrogen and oxygen atoms in total. The third-order valence-corrected chi connectivity index (χ3v) is 3.64. The molecule has 0 aromatic carbocycles. The van der Waals surface area contributed by atoms with E-state index in [9.17, 15) is 4.79 Å². The number of nitriles is 2. The van der Waals surface area contributed by atoms with Crippen LogP contribution < -0.4 is 0 Å². The molecule has 1 rings (SSSR count). The van der Waals surface area contributed by atoms with E-state index in [1.807, 2.05) is 25.1 Å². The Kier molecular flexibility index (Phi) is 5.35.